The molecule has 1 aromatic carbocycles. The lowest BCUT2D eigenvalue weighted by atomic mass is 10.1. The zero-order chi connectivity index (χ0) is 17.1. The molecule has 0 saturated heterocycles. The number of carbonyl (C=O) groups excluding carboxylic acids is 2. The van der Waals surface area contributed by atoms with Gasteiger partial charge in [0.05, 0.1) is 19.6 Å². The van der Waals surface area contributed by atoms with E-state index in [1.165, 1.54) is 0 Å². The molecular weight excluding hydrogens is 296 g/mol. The van der Waals surface area contributed by atoms with Crippen molar-refractivity contribution in [3.8, 4) is 5.75 Å². The Bertz CT molecular complexity index is 503. The molecule has 0 spiro atoms. The molecule has 0 aliphatic heterocycles. The third-order valence-electron chi connectivity index (χ3n) is 3.05. The SMILES string of the molecule is CCOCCC(=O)NNC(=O)c1cccc(OCCC(C)C)c1. The highest BCUT2D eigenvalue weighted by atomic mass is 16.5. The van der Waals surface area contributed by atoms with Crippen molar-refractivity contribution in [1.29, 1.82) is 0 Å². The number of hydrogen-bond acceptors (Lipinski definition) is 4. The highest BCUT2D eigenvalue weighted by Gasteiger charge is 2.08. The summed E-state index contributed by atoms with van der Waals surface area (Å²) in [6.45, 7) is 7.61. The summed E-state index contributed by atoms with van der Waals surface area (Å²) >= 11 is 0. The fourth-order valence-corrected chi connectivity index (χ4v) is 1.71. The second-order valence-electron chi connectivity index (χ2n) is 5.51. The van der Waals surface area contributed by atoms with Crippen molar-refractivity contribution in [2.24, 2.45) is 5.92 Å². The average Bonchev–Trinajstić information content (AvgIpc) is 2.53. The summed E-state index contributed by atoms with van der Waals surface area (Å²) in [4.78, 5) is 23.5. The molecule has 0 radical (unpaired) electrons. The highest BCUT2D eigenvalue weighted by molar-refractivity contribution is 5.95. The number of nitrogens with one attached hydrogen (secondary N) is 2. The van der Waals surface area contributed by atoms with Crippen LogP contribution in [-0.4, -0.2) is 31.6 Å². The quantitative estimate of drug-likeness (QED) is 0.540. The van der Waals surface area contributed by atoms with E-state index in [2.05, 4.69) is 24.7 Å². The molecule has 6 nitrogen and oxygen atoms in total. The first kappa shape index (κ1) is 19.0. The first-order chi connectivity index (χ1) is 11.0. The zero-order valence-corrected chi connectivity index (χ0v) is 14.1. The number of hydrogen-bond donors (Lipinski definition) is 2. The molecule has 1 rings (SSSR count). The molecule has 0 fully saturated rings. The van der Waals surface area contributed by atoms with Crippen LogP contribution in [0.25, 0.3) is 0 Å². The van der Waals surface area contributed by atoms with Crippen molar-refractivity contribution in [3.63, 3.8) is 0 Å². The Labute approximate surface area is 137 Å². The van der Waals surface area contributed by atoms with Gasteiger partial charge in [-0.3, -0.25) is 20.4 Å². The maximum atomic E-state index is 12.0. The summed E-state index contributed by atoms with van der Waals surface area (Å²) in [5, 5.41) is 0. The summed E-state index contributed by atoms with van der Waals surface area (Å²) in [7, 11) is 0. The van der Waals surface area contributed by atoms with Gasteiger partial charge < -0.3 is 9.47 Å². The molecule has 0 aliphatic rings. The lowest BCUT2D eigenvalue weighted by molar-refractivity contribution is -0.122. The van der Waals surface area contributed by atoms with Crippen LogP contribution in [-0.2, 0) is 9.53 Å². The maximum Gasteiger partial charge on any atom is 0.269 e. The summed E-state index contributed by atoms with van der Waals surface area (Å²) in [6, 6.07) is 6.87. The van der Waals surface area contributed by atoms with Gasteiger partial charge in [-0.1, -0.05) is 19.9 Å². The van der Waals surface area contributed by atoms with Crippen LogP contribution >= 0.6 is 0 Å². The molecule has 1 aromatic rings. The van der Waals surface area contributed by atoms with Gasteiger partial charge in [-0.2, -0.15) is 0 Å². The van der Waals surface area contributed by atoms with Crippen molar-refractivity contribution >= 4 is 11.8 Å². The summed E-state index contributed by atoms with van der Waals surface area (Å²) < 4.78 is 10.7. The molecule has 0 aliphatic carbocycles. The Kier molecular flexibility index (Phi) is 8.75. The maximum absolute atomic E-state index is 12.0. The lowest BCUT2D eigenvalue weighted by Gasteiger charge is -2.10. The number of carbonyl (C=O) groups is 2. The van der Waals surface area contributed by atoms with E-state index in [1.54, 1.807) is 24.3 Å². The normalized spacial score (nSPS) is 10.4. The molecule has 0 bridgehead atoms. The van der Waals surface area contributed by atoms with Gasteiger partial charge in [0, 0.05) is 12.2 Å². The van der Waals surface area contributed by atoms with Crippen LogP contribution in [0.3, 0.4) is 0 Å². The number of benzene rings is 1. The summed E-state index contributed by atoms with van der Waals surface area (Å²) in [5.41, 5.74) is 5.16. The number of hydrazine groups is 1. The van der Waals surface area contributed by atoms with Gasteiger partial charge in [0.15, 0.2) is 0 Å². The van der Waals surface area contributed by atoms with Crippen molar-refractivity contribution in [2.75, 3.05) is 19.8 Å². The molecule has 0 aromatic heterocycles. The number of rotatable bonds is 9. The fourth-order valence-electron chi connectivity index (χ4n) is 1.71. The van der Waals surface area contributed by atoms with Crippen LogP contribution in [0.15, 0.2) is 24.3 Å². The molecule has 0 heterocycles. The number of amides is 2. The van der Waals surface area contributed by atoms with Gasteiger partial charge in [0.2, 0.25) is 5.91 Å². The van der Waals surface area contributed by atoms with E-state index in [0.29, 0.717) is 37.1 Å². The van der Waals surface area contributed by atoms with Crippen molar-refractivity contribution in [2.45, 2.75) is 33.6 Å². The topological polar surface area (TPSA) is 76.7 Å². The summed E-state index contributed by atoms with van der Waals surface area (Å²) in [6.07, 6.45) is 1.15. The Morgan fingerprint density at radius 3 is 2.65 bits per heavy atom. The second kappa shape index (κ2) is 10.6. The van der Waals surface area contributed by atoms with Gasteiger partial charge in [0.25, 0.3) is 5.91 Å². The Morgan fingerprint density at radius 1 is 1.17 bits per heavy atom. The van der Waals surface area contributed by atoms with Gasteiger partial charge >= 0.3 is 0 Å². The van der Waals surface area contributed by atoms with Crippen molar-refractivity contribution in [3.05, 3.63) is 29.8 Å². The van der Waals surface area contributed by atoms with Crippen LogP contribution in [0.5, 0.6) is 5.75 Å². The third-order valence-corrected chi connectivity index (χ3v) is 3.05. The van der Waals surface area contributed by atoms with Crippen LogP contribution < -0.4 is 15.6 Å². The predicted octanol–water partition coefficient (Wildman–Crippen LogP) is 2.30. The Hall–Kier alpha value is -2.08. The first-order valence-corrected chi connectivity index (χ1v) is 7.92. The molecule has 128 valence electrons. The molecule has 23 heavy (non-hydrogen) atoms. The van der Waals surface area contributed by atoms with E-state index in [9.17, 15) is 9.59 Å². The van der Waals surface area contributed by atoms with Crippen LogP contribution in [0.2, 0.25) is 0 Å². The smallest absolute Gasteiger partial charge is 0.269 e. The van der Waals surface area contributed by atoms with Gasteiger partial charge in [-0.05, 0) is 37.5 Å². The second-order valence-corrected chi connectivity index (χ2v) is 5.51. The minimum absolute atomic E-state index is 0.201. The largest absolute Gasteiger partial charge is 0.494 e. The van der Waals surface area contributed by atoms with E-state index in [1.807, 2.05) is 6.92 Å². The molecule has 0 unspecified atom stereocenters. The van der Waals surface area contributed by atoms with E-state index in [-0.39, 0.29) is 18.2 Å². The zero-order valence-electron chi connectivity index (χ0n) is 14.1. The molecule has 6 heteroatoms. The molecule has 0 atom stereocenters. The van der Waals surface area contributed by atoms with Crippen LogP contribution in [0.1, 0.15) is 44.0 Å². The standard InChI is InChI=1S/C17H26N2O4/c1-4-22-10-9-16(20)18-19-17(21)14-6-5-7-15(12-14)23-11-8-13(2)3/h5-7,12-13H,4,8-11H2,1-3H3,(H,18,20)(H,19,21). The van der Waals surface area contributed by atoms with Crippen LogP contribution in [0.4, 0.5) is 0 Å². The van der Waals surface area contributed by atoms with E-state index >= 15 is 0 Å². The Morgan fingerprint density at radius 2 is 1.96 bits per heavy atom. The minimum Gasteiger partial charge on any atom is -0.494 e. The van der Waals surface area contributed by atoms with Crippen molar-refractivity contribution < 1.29 is 19.1 Å². The average molecular weight is 322 g/mol. The highest BCUT2D eigenvalue weighted by Crippen LogP contribution is 2.14. The van der Waals surface area contributed by atoms with Gasteiger partial charge in [-0.15, -0.1) is 0 Å². The number of ether oxygens (including phenoxy) is 2. The lowest BCUT2D eigenvalue weighted by Crippen LogP contribution is -2.41. The molecular formula is C17H26N2O4. The van der Waals surface area contributed by atoms with Crippen molar-refractivity contribution in [1.82, 2.24) is 10.9 Å². The minimum atomic E-state index is -0.385. The summed E-state index contributed by atoms with van der Waals surface area (Å²) in [5.74, 6) is 0.523. The van der Waals surface area contributed by atoms with Crippen LogP contribution in [0, 0.1) is 5.92 Å². The van der Waals surface area contributed by atoms with Gasteiger partial charge in [0.1, 0.15) is 5.75 Å². The molecule has 2 N–H and O–H groups in total. The molecule has 0 saturated carbocycles. The molecule has 2 amide bonds. The Balaban J connectivity index is 2.42. The van der Waals surface area contributed by atoms with Gasteiger partial charge in [-0.25, -0.2) is 0 Å². The van der Waals surface area contributed by atoms with E-state index in [4.69, 9.17) is 9.47 Å². The predicted molar refractivity (Wildman–Crippen MR) is 88.1 cm³/mol. The first-order valence-electron chi connectivity index (χ1n) is 7.92. The monoisotopic (exact) mass is 322 g/mol. The van der Waals surface area contributed by atoms with E-state index < -0.39 is 0 Å². The fraction of sp³-hybridized carbons (Fsp3) is 0.529. The third kappa shape index (κ3) is 8.21. The van der Waals surface area contributed by atoms with E-state index in [0.717, 1.165) is 6.42 Å².